The summed E-state index contributed by atoms with van der Waals surface area (Å²) in [5.41, 5.74) is 0.893. The average molecular weight is 577 g/mol. The highest BCUT2D eigenvalue weighted by Gasteiger charge is 2.60. The van der Waals surface area contributed by atoms with E-state index in [2.05, 4.69) is 9.94 Å². The number of hydrogen-bond acceptors (Lipinski definition) is 8. The topological polar surface area (TPSA) is 130 Å². The minimum Gasteiger partial charge on any atom is -0.372 e. The van der Waals surface area contributed by atoms with Crippen LogP contribution in [-0.4, -0.2) is 50.8 Å². The van der Waals surface area contributed by atoms with Crippen molar-refractivity contribution in [2.45, 2.75) is 49.0 Å². The molecule has 1 fully saturated rings. The highest BCUT2D eigenvalue weighted by atomic mass is 32.2. The summed E-state index contributed by atoms with van der Waals surface area (Å²) in [5, 5.41) is 4.16. The lowest BCUT2D eigenvalue weighted by Gasteiger charge is -2.19. The molecule has 0 bridgehead atoms. The van der Waals surface area contributed by atoms with Crippen LogP contribution in [0.4, 0.5) is 0 Å². The van der Waals surface area contributed by atoms with Crippen LogP contribution >= 0.6 is 11.3 Å². The van der Waals surface area contributed by atoms with Crippen molar-refractivity contribution < 1.29 is 17.9 Å². The van der Waals surface area contributed by atoms with Gasteiger partial charge in [0, 0.05) is 18.8 Å². The Balaban J connectivity index is 1.53. The zero-order chi connectivity index (χ0) is 28.2. The number of benzene rings is 1. The van der Waals surface area contributed by atoms with Gasteiger partial charge in [-0.1, -0.05) is 18.2 Å². The minimum absolute atomic E-state index is 0.0512. The van der Waals surface area contributed by atoms with Gasteiger partial charge in [0.1, 0.15) is 9.04 Å². The molecule has 1 aromatic carbocycles. The van der Waals surface area contributed by atoms with Gasteiger partial charge in [0.15, 0.2) is 0 Å². The van der Waals surface area contributed by atoms with E-state index in [0.717, 1.165) is 44.2 Å². The molecule has 2 aliphatic rings. The van der Waals surface area contributed by atoms with Crippen LogP contribution in [0.5, 0.6) is 0 Å². The third kappa shape index (κ3) is 4.33. The summed E-state index contributed by atoms with van der Waals surface area (Å²) in [6.07, 6.45) is 4.14. The van der Waals surface area contributed by atoms with Gasteiger partial charge in [-0.15, -0.1) is 11.3 Å². The molecular weight excluding hydrogens is 555 g/mol. The van der Waals surface area contributed by atoms with Crippen molar-refractivity contribution in [2.75, 3.05) is 0 Å². The molecule has 0 N–H and O–H groups in total. The Bertz CT molecular complexity index is 1950. The van der Waals surface area contributed by atoms with Gasteiger partial charge in [-0.3, -0.25) is 23.5 Å². The van der Waals surface area contributed by atoms with E-state index in [1.54, 1.807) is 24.1 Å². The molecule has 4 heterocycles. The second-order valence-corrected chi connectivity index (χ2v) is 12.9. The van der Waals surface area contributed by atoms with Crippen molar-refractivity contribution in [3.8, 4) is 0 Å². The van der Waals surface area contributed by atoms with Crippen LogP contribution in [0.15, 0.2) is 50.5 Å². The summed E-state index contributed by atoms with van der Waals surface area (Å²) in [5.74, 6) is 0. The van der Waals surface area contributed by atoms with Gasteiger partial charge in [-0.2, -0.15) is 9.31 Å². The number of fused-ring (bicyclic) bond motifs is 2. The van der Waals surface area contributed by atoms with Gasteiger partial charge in [-0.25, -0.2) is 19.8 Å². The summed E-state index contributed by atoms with van der Waals surface area (Å²) in [6.45, 7) is 8.52. The first-order valence-electron chi connectivity index (χ1n) is 12.3. The highest BCUT2D eigenvalue weighted by molar-refractivity contribution is 7.92. The molecule has 6 rings (SSSR count). The first-order chi connectivity index (χ1) is 19.2. The van der Waals surface area contributed by atoms with Gasteiger partial charge in [0.25, 0.3) is 11.2 Å². The summed E-state index contributed by atoms with van der Waals surface area (Å²) in [6, 6.07) is 6.98. The Hall–Kier alpha value is -3.84. The Labute approximate surface area is 233 Å². The van der Waals surface area contributed by atoms with Crippen LogP contribution < -0.4 is 11.2 Å². The fourth-order valence-corrected chi connectivity index (χ4v) is 8.03. The lowest BCUT2D eigenvalue weighted by atomic mass is 9.98. The lowest BCUT2D eigenvalue weighted by molar-refractivity contribution is 0.134. The predicted molar refractivity (Wildman–Crippen MR) is 147 cm³/mol. The molecule has 3 aromatic heterocycles. The predicted octanol–water partition coefficient (Wildman–Crippen LogP) is 1.29. The monoisotopic (exact) mass is 577 g/mol. The second-order valence-electron chi connectivity index (χ2n) is 9.84. The molecule has 4 aromatic rings. The Morgan fingerprint density at radius 1 is 1.18 bits per heavy atom. The summed E-state index contributed by atoms with van der Waals surface area (Å²) >= 11 is 0.772. The van der Waals surface area contributed by atoms with Crippen LogP contribution in [0.3, 0.4) is 0 Å². The molecule has 0 unspecified atom stereocenters. The number of carbonyl (C=O) groups is 1. The molecule has 40 heavy (non-hydrogen) atoms. The third-order valence-corrected chi connectivity index (χ3v) is 10.6. The average Bonchev–Trinajstić information content (AvgIpc) is 3.25. The number of ether oxygens (including phenoxy) is 1. The molecule has 0 spiro atoms. The van der Waals surface area contributed by atoms with E-state index < -0.39 is 26.9 Å². The maximum atomic E-state index is 13.8. The van der Waals surface area contributed by atoms with Crippen LogP contribution in [0.1, 0.15) is 35.1 Å². The number of hydrogen-bond donors (Lipinski definition) is 0. The smallest absolute Gasteiger partial charge is 0.332 e. The van der Waals surface area contributed by atoms with Crippen molar-refractivity contribution >= 4 is 45.2 Å². The number of aromatic nitrogens is 4. The zero-order valence-electron chi connectivity index (χ0n) is 21.3. The second kappa shape index (κ2) is 9.67. The van der Waals surface area contributed by atoms with Gasteiger partial charge in [0.2, 0.25) is 10.0 Å². The van der Waals surface area contributed by atoms with Crippen molar-refractivity contribution in [3.63, 3.8) is 0 Å². The van der Waals surface area contributed by atoms with E-state index in [-0.39, 0.29) is 40.4 Å². The van der Waals surface area contributed by atoms with E-state index in [1.165, 1.54) is 10.6 Å². The van der Waals surface area contributed by atoms with Crippen molar-refractivity contribution in [1.29, 1.82) is 0 Å². The maximum absolute atomic E-state index is 13.8. The fraction of sp³-hybridized carbons (Fsp3) is 0.320. The van der Waals surface area contributed by atoms with E-state index in [1.807, 2.05) is 18.2 Å². The number of rotatable bonds is 9. The van der Waals surface area contributed by atoms with Crippen molar-refractivity contribution in [1.82, 2.24) is 23.1 Å². The van der Waals surface area contributed by atoms with E-state index in [4.69, 9.17) is 11.3 Å². The zero-order valence-corrected chi connectivity index (χ0v) is 22.9. The first-order valence-corrected chi connectivity index (χ1v) is 14.6. The molecule has 1 saturated carbocycles. The van der Waals surface area contributed by atoms with Gasteiger partial charge < -0.3 is 9.53 Å². The largest absolute Gasteiger partial charge is 0.372 e. The van der Waals surface area contributed by atoms with Gasteiger partial charge >= 0.3 is 13.1 Å². The quantitative estimate of drug-likeness (QED) is 0.167. The normalized spacial score (nSPS) is 15.7. The molecule has 0 saturated heterocycles. The van der Waals surface area contributed by atoms with E-state index >= 15 is 0 Å². The van der Waals surface area contributed by atoms with Crippen molar-refractivity contribution in [3.05, 3.63) is 91.2 Å². The minimum atomic E-state index is -4.37. The van der Waals surface area contributed by atoms with Gasteiger partial charge in [0.05, 0.1) is 56.9 Å². The van der Waals surface area contributed by atoms with Crippen LogP contribution in [0.2, 0.25) is 0 Å². The summed E-state index contributed by atoms with van der Waals surface area (Å²) < 4.78 is 37.4. The molecular formula is C25H22BN6O6S2. The Morgan fingerprint density at radius 2 is 1.93 bits per heavy atom. The van der Waals surface area contributed by atoms with Gasteiger partial charge in [-0.05, 0) is 22.8 Å². The number of thiophene rings is 1. The fourth-order valence-electron chi connectivity index (χ4n) is 4.91. The molecule has 1 aliphatic heterocycles. The van der Waals surface area contributed by atoms with Crippen LogP contribution in [0.25, 0.3) is 15.1 Å². The molecule has 0 atom stereocenters. The Kier molecular flexibility index (Phi) is 6.38. The van der Waals surface area contributed by atoms with E-state index in [0.29, 0.717) is 25.0 Å². The van der Waals surface area contributed by atoms with Crippen LogP contribution in [-0.2, 0) is 52.9 Å². The standard InChI is InChI=1S/C25H22BN6O6S2/c1-27-25(5-6-25)32(26-15-33)40(36,37)21-8-20-22(34)30(12-17-9-28-29(2)10-17)24(35)31(23(20)39-21)11-16-3-4-18-13-38-14-19(18)7-16/h3-4,7-10,15H,5-6,11-14H2,2H3. The van der Waals surface area contributed by atoms with Crippen LogP contribution in [0, 0.1) is 6.57 Å². The maximum Gasteiger partial charge on any atom is 0.332 e. The summed E-state index contributed by atoms with van der Waals surface area (Å²) in [7, 11) is -1.81. The summed E-state index contributed by atoms with van der Waals surface area (Å²) in [4.78, 5) is 42.4. The SMILES string of the molecule is [C-]#[N+]C1(N([B]C=O)S(=O)(=O)c2cc3c(=O)n(Cc4cnn(C)c4)c(=O)n(Cc4ccc5c(c4)COC5)c3s2)CC1. The van der Waals surface area contributed by atoms with E-state index in [9.17, 15) is 22.8 Å². The molecule has 203 valence electrons. The molecule has 12 nitrogen and oxygen atoms in total. The molecule has 15 heteroatoms. The molecule has 0 amide bonds. The number of nitrogens with zero attached hydrogens (tertiary/aromatic N) is 6. The first kappa shape index (κ1) is 26.4. The Morgan fingerprint density at radius 3 is 2.60 bits per heavy atom. The highest BCUT2D eigenvalue weighted by Crippen LogP contribution is 2.46. The number of aryl methyl sites for hydroxylation is 1. The number of sulfonamides is 1. The lowest BCUT2D eigenvalue weighted by Crippen LogP contribution is -2.43. The third-order valence-electron chi connectivity index (χ3n) is 7.12. The molecule has 1 aliphatic carbocycles. The molecule has 1 radical (unpaired) electrons. The van der Waals surface area contributed by atoms with Crippen molar-refractivity contribution in [2.24, 2.45) is 7.05 Å². The number of carbonyl (C=O) groups excluding carboxylic acids is 1.